The van der Waals surface area contributed by atoms with E-state index in [1.807, 2.05) is 24.3 Å². The molecule has 17 heteroatoms. The van der Waals surface area contributed by atoms with E-state index < -0.39 is 61.9 Å². The number of rotatable bonds is 15. The maximum atomic E-state index is 13.5. The lowest BCUT2D eigenvalue weighted by molar-refractivity contribution is -0.158. The summed E-state index contributed by atoms with van der Waals surface area (Å²) in [6.45, 7) is 8.31. The van der Waals surface area contributed by atoms with Crippen LogP contribution < -0.4 is 10.4 Å². The second kappa shape index (κ2) is 16.0. The zero-order valence-corrected chi connectivity index (χ0v) is 33.9. The molecule has 0 aromatic rings. The summed E-state index contributed by atoms with van der Waals surface area (Å²) >= 11 is 0. The number of nitrogens with zero attached hydrogens (tertiary/aromatic N) is 2. The van der Waals surface area contributed by atoms with Crippen molar-refractivity contribution in [1.82, 2.24) is 20.2 Å². The number of carboxylic acids is 1. The van der Waals surface area contributed by atoms with Crippen LogP contribution >= 0.6 is 8.53 Å². The van der Waals surface area contributed by atoms with Gasteiger partial charge in [-0.2, -0.15) is 0 Å². The number of nitrogens with one attached hydrogen (secondary N) is 2. The molecule has 2 saturated heterocycles. The van der Waals surface area contributed by atoms with Crippen molar-refractivity contribution < 1.29 is 57.2 Å². The van der Waals surface area contributed by atoms with Crippen molar-refractivity contribution in [2.75, 3.05) is 6.73 Å². The second-order valence-electron chi connectivity index (χ2n) is 17.8. The van der Waals surface area contributed by atoms with Gasteiger partial charge in [0.1, 0.15) is 6.73 Å². The molecule has 7 aliphatic rings. The second-order valence-corrected chi connectivity index (χ2v) is 18.9. The number of carbonyl (C=O) groups excluding carboxylic acids is 7. The highest BCUT2D eigenvalue weighted by atomic mass is 31.2. The number of carbonyl (C=O) groups is 8. The highest BCUT2D eigenvalue weighted by Gasteiger charge is 2.62. The molecule has 310 valence electrons. The summed E-state index contributed by atoms with van der Waals surface area (Å²) in [5, 5.41) is 15.5. The largest absolute Gasteiger partial charge is 0.473 e. The quantitative estimate of drug-likeness (QED) is 0.0541. The third-order valence-corrected chi connectivity index (χ3v) is 14.7. The lowest BCUT2D eigenvalue weighted by Crippen LogP contribution is -2.50. The Kier molecular flexibility index (Phi) is 11.5. The molecular weight excluding hydrogens is 759 g/mol. The van der Waals surface area contributed by atoms with Gasteiger partial charge in [-0.3, -0.25) is 43.9 Å². The lowest BCUT2D eigenvalue weighted by Gasteiger charge is -2.37. The SMILES string of the molecule is CC(CC(C)N1C(=O)C2C3C=CC(C3)C2C1=O)C(=O)OCNC1CCCCC1NP(OC(=O)C(=O)O)OC(=O)C(C)CC(C)(C)N1C(=O)C2C3C=CC(C3)C2C1=O. The van der Waals surface area contributed by atoms with E-state index in [-0.39, 0.29) is 96.6 Å². The molecule has 57 heavy (non-hydrogen) atoms. The predicted molar refractivity (Wildman–Crippen MR) is 200 cm³/mol. The van der Waals surface area contributed by atoms with Crippen molar-refractivity contribution >= 4 is 56.0 Å². The van der Waals surface area contributed by atoms with E-state index in [1.165, 1.54) is 9.80 Å². The van der Waals surface area contributed by atoms with Crippen molar-refractivity contribution in [3.63, 3.8) is 0 Å². The Balaban J connectivity index is 0.911. The fraction of sp³-hybridized carbons (Fsp3) is 0.700. The fourth-order valence-corrected chi connectivity index (χ4v) is 12.2. The van der Waals surface area contributed by atoms with Gasteiger partial charge in [0, 0.05) is 23.7 Å². The number of hydrogen-bond donors (Lipinski definition) is 3. The van der Waals surface area contributed by atoms with Gasteiger partial charge in [-0.15, -0.1) is 0 Å². The number of fused-ring (bicyclic) bond motifs is 10. The van der Waals surface area contributed by atoms with Crippen molar-refractivity contribution in [2.24, 2.45) is 59.2 Å². The number of aliphatic carboxylic acids is 1. The van der Waals surface area contributed by atoms with Gasteiger partial charge in [-0.1, -0.05) is 51.0 Å². The molecule has 2 heterocycles. The molecule has 3 saturated carbocycles. The van der Waals surface area contributed by atoms with Gasteiger partial charge in [-0.05, 0) is 83.0 Å². The maximum Gasteiger partial charge on any atom is 0.423 e. The third kappa shape index (κ3) is 7.69. The van der Waals surface area contributed by atoms with Crippen LogP contribution in [0.25, 0.3) is 0 Å². The van der Waals surface area contributed by atoms with Crippen LogP contribution in [0.5, 0.6) is 0 Å². The van der Waals surface area contributed by atoms with Crippen LogP contribution in [0.4, 0.5) is 0 Å². The van der Waals surface area contributed by atoms with E-state index in [1.54, 1.807) is 34.6 Å². The molecule has 4 bridgehead atoms. The number of hydrogen-bond acceptors (Lipinski definition) is 13. The van der Waals surface area contributed by atoms with Crippen LogP contribution in [0.15, 0.2) is 24.3 Å². The molecule has 16 nitrogen and oxygen atoms in total. The van der Waals surface area contributed by atoms with Crippen LogP contribution in [0.3, 0.4) is 0 Å². The Labute approximate surface area is 332 Å². The molecule has 0 aromatic heterocycles. The summed E-state index contributed by atoms with van der Waals surface area (Å²) < 4.78 is 16.3. The summed E-state index contributed by atoms with van der Waals surface area (Å²) in [6, 6.07) is -1.29. The molecule has 4 amide bonds. The summed E-state index contributed by atoms with van der Waals surface area (Å²) in [5.74, 6) is -8.19. The molecule has 3 N–H and O–H groups in total. The summed E-state index contributed by atoms with van der Waals surface area (Å²) in [5.41, 5.74) is -1.03. The van der Waals surface area contributed by atoms with Gasteiger partial charge in [0.05, 0.1) is 35.5 Å². The highest BCUT2D eigenvalue weighted by molar-refractivity contribution is 7.46. The van der Waals surface area contributed by atoms with Crippen LogP contribution in [0.2, 0.25) is 0 Å². The normalized spacial score (nSPS) is 34.3. The van der Waals surface area contributed by atoms with Gasteiger partial charge in [-0.25, -0.2) is 14.7 Å². The van der Waals surface area contributed by atoms with Gasteiger partial charge in [0.25, 0.3) is 0 Å². The Morgan fingerprint density at radius 3 is 1.81 bits per heavy atom. The van der Waals surface area contributed by atoms with E-state index in [0.717, 1.165) is 25.7 Å². The first-order valence-electron chi connectivity index (χ1n) is 20.2. The number of amides is 4. The third-order valence-electron chi connectivity index (χ3n) is 13.4. The lowest BCUT2D eigenvalue weighted by atomic mass is 9.85. The molecule has 5 aliphatic carbocycles. The van der Waals surface area contributed by atoms with Crippen molar-refractivity contribution in [3.8, 4) is 0 Å². The minimum absolute atomic E-state index is 0.0366. The average molecular weight is 813 g/mol. The van der Waals surface area contributed by atoms with Crippen molar-refractivity contribution in [1.29, 1.82) is 0 Å². The van der Waals surface area contributed by atoms with Gasteiger partial charge in [0.2, 0.25) is 23.6 Å². The molecule has 14 atom stereocenters. The first kappa shape index (κ1) is 41.2. The minimum atomic E-state index is -2.60. The smallest absolute Gasteiger partial charge is 0.423 e. The highest BCUT2D eigenvalue weighted by Crippen LogP contribution is 2.55. The van der Waals surface area contributed by atoms with E-state index in [0.29, 0.717) is 12.8 Å². The van der Waals surface area contributed by atoms with E-state index in [9.17, 15) is 43.5 Å². The van der Waals surface area contributed by atoms with Gasteiger partial charge < -0.3 is 18.9 Å². The maximum absolute atomic E-state index is 13.5. The zero-order valence-electron chi connectivity index (χ0n) is 33.0. The number of imide groups is 2. The van der Waals surface area contributed by atoms with Crippen LogP contribution in [-0.4, -0.2) is 92.8 Å². The van der Waals surface area contributed by atoms with Gasteiger partial charge >= 0.3 is 32.4 Å². The van der Waals surface area contributed by atoms with E-state index >= 15 is 0 Å². The van der Waals surface area contributed by atoms with E-state index in [2.05, 4.69) is 10.4 Å². The van der Waals surface area contributed by atoms with Crippen LogP contribution in [0.1, 0.15) is 86.0 Å². The Morgan fingerprint density at radius 2 is 1.28 bits per heavy atom. The topological polar surface area (TPSA) is 215 Å². The number of ether oxygens (including phenoxy) is 1. The van der Waals surface area contributed by atoms with Gasteiger partial charge in [0.15, 0.2) is 0 Å². The van der Waals surface area contributed by atoms with Crippen molar-refractivity contribution in [2.45, 2.75) is 110 Å². The Hall–Kier alpha value is -4.01. The Bertz CT molecular complexity index is 1720. The Morgan fingerprint density at radius 1 is 0.772 bits per heavy atom. The number of allylic oxidation sites excluding steroid dienone is 4. The number of carboxylic acid groups (broad SMARTS) is 1. The standard InChI is InChI=1S/C40H53N4O12P/c1-19(14-21(3)43-32(45)28-22-10-11-23(15-22)29(28)33(43)46)37(51)54-18-41-26-8-6-7-9-27(26)42-57(56-39(53)36(49)50)55-38(52)20(2)17-40(4,5)44-34(47)30-24-12-13-25(16-24)31(30)35(44)48/h10-13,19-31,41-42H,6-9,14-18H2,1-5H3,(H,49,50). The molecule has 0 aromatic carbocycles. The molecule has 0 spiro atoms. The predicted octanol–water partition coefficient (Wildman–Crippen LogP) is 3.21. The fourth-order valence-electron chi connectivity index (χ4n) is 10.9. The molecule has 14 unspecified atom stereocenters. The van der Waals surface area contributed by atoms with Crippen molar-refractivity contribution in [3.05, 3.63) is 24.3 Å². The summed E-state index contributed by atoms with van der Waals surface area (Å²) in [7, 11) is -2.60. The van der Waals surface area contributed by atoms with Crippen LogP contribution in [-0.2, 0) is 52.1 Å². The summed E-state index contributed by atoms with van der Waals surface area (Å²) in [4.78, 5) is 106. The molecular formula is C40H53N4O12P. The first-order valence-corrected chi connectivity index (χ1v) is 21.4. The molecule has 7 rings (SSSR count). The molecule has 0 radical (unpaired) electrons. The van der Waals surface area contributed by atoms with E-state index in [4.69, 9.17) is 13.8 Å². The monoisotopic (exact) mass is 812 g/mol. The molecule has 5 fully saturated rings. The summed E-state index contributed by atoms with van der Waals surface area (Å²) in [6.07, 6.45) is 12.8. The number of likely N-dealkylation sites (tertiary alicyclic amines) is 2. The minimum Gasteiger partial charge on any atom is -0.473 e. The average Bonchev–Trinajstić information content (AvgIpc) is 4.01. The number of esters is 1. The molecule has 2 aliphatic heterocycles. The first-order chi connectivity index (χ1) is 27.0. The zero-order chi connectivity index (χ0) is 41.1. The van der Waals surface area contributed by atoms with Crippen LogP contribution in [0, 0.1) is 59.2 Å².